The van der Waals surface area contributed by atoms with Gasteiger partial charge >= 0.3 is 36.9 Å². The normalized spacial score (nSPS) is 4.41. The summed E-state index contributed by atoms with van der Waals surface area (Å²) in [7, 11) is 0. The second-order valence-corrected chi connectivity index (χ2v) is 1.47. The Morgan fingerprint density at radius 2 is 0.588 bits per heavy atom. The second-order valence-electron chi connectivity index (χ2n) is 1.47. The maximum atomic E-state index is 8.89. The van der Waals surface area contributed by atoms with Crippen LogP contribution in [0.5, 0.6) is 0 Å². The summed E-state index contributed by atoms with van der Waals surface area (Å²) in [5.74, 6) is -3.25. The van der Waals surface area contributed by atoms with E-state index in [9.17, 15) is 0 Å². The van der Waals surface area contributed by atoms with E-state index in [1.807, 2.05) is 0 Å². The molecule has 8 N–H and O–H groups in total. The summed E-state index contributed by atoms with van der Waals surface area (Å²) in [6.45, 7) is 2.92. The number of aliphatic carboxylic acids is 3. The van der Waals surface area contributed by atoms with Gasteiger partial charge in [-0.3, -0.25) is 0 Å². The van der Waals surface area contributed by atoms with E-state index in [-0.39, 0.29) is 58.8 Å². The van der Waals surface area contributed by atoms with Gasteiger partial charge in [-0.15, -0.1) is 0 Å². The third-order valence-electron chi connectivity index (χ3n) is 0. The zero-order valence-electron chi connectivity index (χ0n) is 9.21. The molecule has 0 aromatic carbocycles. The molecule has 0 aromatic heterocycles. The Morgan fingerprint density at radius 3 is 0.588 bits per heavy atom. The van der Waals surface area contributed by atoms with Crippen LogP contribution in [-0.2, 0) is 14.4 Å². The summed E-state index contributed by atoms with van der Waals surface area (Å²) in [5.41, 5.74) is 0. The fourth-order valence-corrected chi connectivity index (χ4v) is 0. The molecule has 0 fully saturated rings. The quantitative estimate of drug-likeness (QED) is 0.365. The van der Waals surface area contributed by atoms with Gasteiger partial charge in [-0.1, -0.05) is 0 Å². The summed E-state index contributed by atoms with van der Waals surface area (Å²) >= 11 is 0. The summed E-state index contributed by atoms with van der Waals surface area (Å²) in [6, 6.07) is 0. The molecule has 11 heteroatoms. The molecule has 0 rings (SSSR count). The monoisotopic (exact) mass is 424 g/mol. The summed E-state index contributed by atoms with van der Waals surface area (Å²) in [5, 5.41) is 26.7. The molecule has 0 radical (unpaired) electrons. The van der Waals surface area contributed by atoms with E-state index >= 15 is 0 Å². The van der Waals surface area contributed by atoms with Crippen LogP contribution < -0.4 is 15.3 Å². The minimum absolute atomic E-state index is 0. The maximum absolute atomic E-state index is 8.89. The molecule has 0 heterocycles. The van der Waals surface area contributed by atoms with E-state index in [1.165, 1.54) is 0 Å². The topological polar surface area (TPSA) is 246 Å². The first kappa shape index (κ1) is 54.9. The number of carboxylic acids is 3. The van der Waals surface area contributed by atoms with Crippen LogP contribution in [0.3, 0.4) is 0 Å². The van der Waals surface area contributed by atoms with E-state index < -0.39 is 17.9 Å². The molecule has 10 nitrogen and oxygen atoms in total. The van der Waals surface area contributed by atoms with Gasteiger partial charge in [-0.05, 0) is 20.8 Å². The van der Waals surface area contributed by atoms with Crippen molar-refractivity contribution >= 4 is 17.9 Å². The van der Waals surface area contributed by atoms with Crippen LogP contribution >= 0.6 is 0 Å². The van der Waals surface area contributed by atoms with Gasteiger partial charge in [0, 0.05) is 17.9 Å². The molecule has 116 valence electrons. The molecule has 0 saturated carbocycles. The van der Waals surface area contributed by atoms with Crippen molar-refractivity contribution in [2.75, 3.05) is 0 Å². The predicted octanol–water partition coefficient (Wildman–Crippen LogP) is -7.03. The Kier molecular flexibility index (Phi) is 146. The standard InChI is InChI=1S/3C2H4O2.Lu.4H2O/c3*1-2(3)4;;;;;/h3*1H3,(H,3,4);;4*1H2/q;;;+3;;;;/p-3. The molecule has 0 amide bonds. The average molecular weight is 424 g/mol. The largest absolute Gasteiger partial charge is 3.00 e. The Hall–Kier alpha value is -0.516. The van der Waals surface area contributed by atoms with Crippen LogP contribution in [0.15, 0.2) is 0 Å². The van der Waals surface area contributed by atoms with E-state index in [1.54, 1.807) is 0 Å². The van der Waals surface area contributed by atoms with Gasteiger partial charge in [0.05, 0.1) is 0 Å². The molecular weight excluding hydrogens is 407 g/mol. The third-order valence-corrected chi connectivity index (χ3v) is 0. The number of carbonyl (C=O) groups is 3. The first-order valence-electron chi connectivity index (χ1n) is 2.72. The molecule has 0 atom stereocenters. The van der Waals surface area contributed by atoms with Gasteiger partial charge in [-0.25, -0.2) is 0 Å². The van der Waals surface area contributed by atoms with Crippen molar-refractivity contribution < 1.29 is 88.5 Å². The minimum Gasteiger partial charge on any atom is -0.550 e. The molecule has 0 saturated heterocycles. The van der Waals surface area contributed by atoms with E-state index in [0.717, 1.165) is 20.8 Å². The molecule has 0 unspecified atom stereocenters. The third kappa shape index (κ3) is 10600. The van der Waals surface area contributed by atoms with Crippen LogP contribution in [0.25, 0.3) is 0 Å². The van der Waals surface area contributed by atoms with Gasteiger partial charge in [0.1, 0.15) is 0 Å². The zero-order valence-corrected chi connectivity index (χ0v) is 10.9. The van der Waals surface area contributed by atoms with Crippen LogP contribution in [0, 0.1) is 36.9 Å². The van der Waals surface area contributed by atoms with Gasteiger partial charge in [0.25, 0.3) is 0 Å². The average Bonchev–Trinajstić information content (AvgIpc) is 1.54. The maximum Gasteiger partial charge on any atom is 3.00 e. The van der Waals surface area contributed by atoms with Crippen molar-refractivity contribution in [2.24, 2.45) is 0 Å². The van der Waals surface area contributed by atoms with Crippen LogP contribution in [0.2, 0.25) is 0 Å². The van der Waals surface area contributed by atoms with Crippen molar-refractivity contribution in [2.45, 2.75) is 20.8 Å². The minimum atomic E-state index is -1.08. The van der Waals surface area contributed by atoms with Crippen LogP contribution in [0.4, 0.5) is 0 Å². The number of carbonyl (C=O) groups excluding carboxylic acids is 3. The summed E-state index contributed by atoms with van der Waals surface area (Å²) < 4.78 is 0. The van der Waals surface area contributed by atoms with E-state index in [4.69, 9.17) is 29.7 Å². The van der Waals surface area contributed by atoms with E-state index in [2.05, 4.69) is 0 Å². The Labute approximate surface area is 127 Å². The molecule has 0 aromatic rings. The Bertz CT molecular complexity index is 118. The van der Waals surface area contributed by atoms with E-state index in [0.29, 0.717) is 0 Å². The molecule has 0 spiro atoms. The van der Waals surface area contributed by atoms with Crippen molar-refractivity contribution in [3.63, 3.8) is 0 Å². The van der Waals surface area contributed by atoms with Crippen molar-refractivity contribution in [3.8, 4) is 0 Å². The second kappa shape index (κ2) is 45.1. The molecular formula is C6H17LuO10. The molecule has 0 aliphatic rings. The SMILES string of the molecule is CC(=O)[O-].CC(=O)[O-].CC(=O)[O-].O.O.O.O.[Lu+3]. The number of hydrogen-bond acceptors (Lipinski definition) is 6. The van der Waals surface area contributed by atoms with Crippen molar-refractivity contribution in [1.29, 1.82) is 0 Å². The molecule has 0 aliphatic heterocycles. The van der Waals surface area contributed by atoms with Crippen molar-refractivity contribution in [1.82, 2.24) is 0 Å². The van der Waals surface area contributed by atoms with Crippen LogP contribution in [-0.4, -0.2) is 39.8 Å². The number of carboxylic acid groups (broad SMARTS) is 3. The Morgan fingerprint density at radius 1 is 0.588 bits per heavy atom. The fourth-order valence-electron chi connectivity index (χ4n) is 0. The zero-order chi connectivity index (χ0) is 10.7. The molecule has 17 heavy (non-hydrogen) atoms. The first-order valence-corrected chi connectivity index (χ1v) is 2.72. The number of hydrogen-bond donors (Lipinski definition) is 0. The van der Waals surface area contributed by atoms with Crippen molar-refractivity contribution in [3.05, 3.63) is 0 Å². The number of rotatable bonds is 0. The molecule has 0 bridgehead atoms. The van der Waals surface area contributed by atoms with Gasteiger partial charge in [-0.2, -0.15) is 0 Å². The summed E-state index contributed by atoms with van der Waals surface area (Å²) in [4.78, 5) is 26.7. The molecule has 0 aliphatic carbocycles. The predicted molar refractivity (Wildman–Crippen MR) is 46.5 cm³/mol. The summed E-state index contributed by atoms with van der Waals surface area (Å²) in [6.07, 6.45) is 0. The fraction of sp³-hybridized carbons (Fsp3) is 0.500. The smallest absolute Gasteiger partial charge is 0.550 e. The van der Waals surface area contributed by atoms with Gasteiger partial charge in [0.2, 0.25) is 0 Å². The van der Waals surface area contributed by atoms with Crippen LogP contribution in [0.1, 0.15) is 20.8 Å². The first-order chi connectivity index (χ1) is 5.20. The Balaban J connectivity index is -0.0000000104. The van der Waals surface area contributed by atoms with Gasteiger partial charge in [0.15, 0.2) is 0 Å². The van der Waals surface area contributed by atoms with Gasteiger partial charge < -0.3 is 51.6 Å².